The van der Waals surface area contributed by atoms with Gasteiger partial charge in [-0.25, -0.2) is 19.3 Å². The van der Waals surface area contributed by atoms with Gasteiger partial charge in [-0.3, -0.25) is 9.78 Å². The number of H-pyrrole nitrogens is 1. The largest absolute Gasteiger partial charge is 0.493 e. The molecule has 4 heterocycles. The van der Waals surface area contributed by atoms with Crippen molar-refractivity contribution < 1.29 is 9.90 Å². The van der Waals surface area contributed by atoms with Crippen LogP contribution in [0.4, 0.5) is 5.82 Å². The maximum Gasteiger partial charge on any atom is 0.334 e. The molecule has 0 atom stereocenters. The van der Waals surface area contributed by atoms with E-state index in [4.69, 9.17) is 0 Å². The van der Waals surface area contributed by atoms with Gasteiger partial charge in [-0.1, -0.05) is 6.07 Å². The van der Waals surface area contributed by atoms with E-state index in [1.54, 1.807) is 24.0 Å². The summed E-state index contributed by atoms with van der Waals surface area (Å²) < 4.78 is 1.26. The first kappa shape index (κ1) is 19.7. The smallest absolute Gasteiger partial charge is 0.334 e. The van der Waals surface area contributed by atoms with Crippen molar-refractivity contribution in [3.8, 4) is 11.7 Å². The number of pyridine rings is 2. The summed E-state index contributed by atoms with van der Waals surface area (Å²) in [5.74, 6) is 1.02. The molecule has 0 aromatic carbocycles. The molecule has 0 bridgehead atoms. The number of carbonyl (C=O) groups is 1. The molecule has 156 valence electrons. The van der Waals surface area contributed by atoms with Gasteiger partial charge >= 0.3 is 5.69 Å². The summed E-state index contributed by atoms with van der Waals surface area (Å²) >= 11 is 0. The number of anilines is 1. The molecule has 1 fully saturated rings. The van der Waals surface area contributed by atoms with Crippen LogP contribution in [0.25, 0.3) is 5.82 Å². The normalized spacial score (nSPS) is 14.2. The highest BCUT2D eigenvalue weighted by molar-refractivity contribution is 5.94. The lowest BCUT2D eigenvalue weighted by Crippen LogP contribution is -2.49. The van der Waals surface area contributed by atoms with Crippen molar-refractivity contribution in [3.63, 3.8) is 0 Å². The fraction of sp³-hybridized carbons (Fsp3) is 0.333. The van der Waals surface area contributed by atoms with Crippen LogP contribution in [0, 0.1) is 20.8 Å². The Morgan fingerprint density at radius 1 is 1.07 bits per heavy atom. The number of imidazole rings is 1. The lowest BCUT2D eigenvalue weighted by Gasteiger charge is -2.36. The topological polar surface area (TPSA) is 107 Å². The van der Waals surface area contributed by atoms with Crippen LogP contribution >= 0.6 is 0 Å². The number of aromatic hydroxyl groups is 1. The van der Waals surface area contributed by atoms with Gasteiger partial charge in [0.05, 0.1) is 11.3 Å². The second kappa shape index (κ2) is 7.66. The van der Waals surface area contributed by atoms with E-state index < -0.39 is 5.69 Å². The van der Waals surface area contributed by atoms with Crippen LogP contribution in [0.15, 0.2) is 35.4 Å². The Kier molecular flexibility index (Phi) is 5.03. The minimum atomic E-state index is -0.479. The Labute approximate surface area is 173 Å². The Bertz CT molecular complexity index is 1140. The number of amides is 1. The van der Waals surface area contributed by atoms with Gasteiger partial charge in [-0.15, -0.1) is 0 Å². The van der Waals surface area contributed by atoms with E-state index in [-0.39, 0.29) is 11.8 Å². The molecule has 0 spiro atoms. The average Bonchev–Trinajstić information content (AvgIpc) is 2.99. The summed E-state index contributed by atoms with van der Waals surface area (Å²) in [7, 11) is 0. The molecule has 0 radical (unpaired) electrons. The zero-order valence-corrected chi connectivity index (χ0v) is 17.2. The third-order valence-electron chi connectivity index (χ3n) is 5.38. The molecule has 1 aliphatic heterocycles. The van der Waals surface area contributed by atoms with Crippen molar-refractivity contribution in [1.29, 1.82) is 0 Å². The maximum absolute atomic E-state index is 12.9. The van der Waals surface area contributed by atoms with E-state index in [9.17, 15) is 14.7 Å². The van der Waals surface area contributed by atoms with Crippen LogP contribution < -0.4 is 10.6 Å². The van der Waals surface area contributed by atoms with Crippen molar-refractivity contribution in [2.45, 2.75) is 20.8 Å². The zero-order chi connectivity index (χ0) is 21.4. The first-order valence-corrected chi connectivity index (χ1v) is 9.79. The number of nitrogens with zero attached hydrogens (tertiary/aromatic N) is 5. The number of aryl methyl sites for hydroxylation is 2. The molecule has 9 heteroatoms. The monoisotopic (exact) mass is 408 g/mol. The number of nitrogens with one attached hydrogen (secondary N) is 1. The summed E-state index contributed by atoms with van der Waals surface area (Å²) in [4.78, 5) is 39.9. The quantitative estimate of drug-likeness (QED) is 0.681. The molecule has 9 nitrogen and oxygen atoms in total. The number of rotatable bonds is 3. The van der Waals surface area contributed by atoms with Crippen LogP contribution in [-0.2, 0) is 0 Å². The Balaban J connectivity index is 1.45. The molecule has 0 aliphatic carbocycles. The fourth-order valence-corrected chi connectivity index (χ4v) is 3.77. The van der Waals surface area contributed by atoms with Crippen LogP contribution in [-0.4, -0.2) is 61.6 Å². The first-order valence-electron chi connectivity index (χ1n) is 9.79. The summed E-state index contributed by atoms with van der Waals surface area (Å²) in [6.45, 7) is 8.31. The van der Waals surface area contributed by atoms with Crippen molar-refractivity contribution in [2.24, 2.45) is 0 Å². The van der Waals surface area contributed by atoms with Gasteiger partial charge in [-0.2, -0.15) is 0 Å². The highest BCUT2D eigenvalue weighted by Crippen LogP contribution is 2.20. The zero-order valence-electron chi connectivity index (χ0n) is 17.2. The van der Waals surface area contributed by atoms with Gasteiger partial charge in [0.1, 0.15) is 11.6 Å². The van der Waals surface area contributed by atoms with Crippen LogP contribution in [0.2, 0.25) is 0 Å². The minimum absolute atomic E-state index is 0.0942. The van der Waals surface area contributed by atoms with E-state index in [2.05, 4.69) is 32.8 Å². The molecule has 3 aromatic heterocycles. The van der Waals surface area contributed by atoms with E-state index in [1.807, 2.05) is 13.1 Å². The van der Waals surface area contributed by atoms with Gasteiger partial charge in [0, 0.05) is 38.6 Å². The van der Waals surface area contributed by atoms with Crippen LogP contribution in [0.3, 0.4) is 0 Å². The number of hydrogen-bond donors (Lipinski definition) is 2. The predicted molar refractivity (Wildman–Crippen MR) is 112 cm³/mol. The minimum Gasteiger partial charge on any atom is -0.493 e. The molecule has 1 amide bonds. The number of hydrogen-bond acceptors (Lipinski definition) is 6. The molecule has 30 heavy (non-hydrogen) atoms. The summed E-state index contributed by atoms with van der Waals surface area (Å²) in [5.41, 5.74) is 2.61. The molecule has 1 aliphatic rings. The molecule has 0 unspecified atom stereocenters. The molecular weight excluding hydrogens is 384 g/mol. The average molecular weight is 408 g/mol. The van der Waals surface area contributed by atoms with Crippen molar-refractivity contribution >= 4 is 11.7 Å². The first-order chi connectivity index (χ1) is 14.3. The maximum atomic E-state index is 12.9. The summed E-state index contributed by atoms with van der Waals surface area (Å²) in [6.07, 6.45) is 3.33. The Morgan fingerprint density at radius 2 is 1.80 bits per heavy atom. The Morgan fingerprint density at radius 3 is 2.37 bits per heavy atom. The standard InChI is InChI=1S/C21H24N6O3/c1-13-10-14(2)18(23-11-13)25-6-8-26(9-7-25)20(29)16-4-5-17(22-12-16)27-15(3)19(28)24-21(27)30/h4-5,10-12,28H,6-9H2,1-3H3,(H,24,30). The molecule has 3 aromatic rings. The van der Waals surface area contributed by atoms with E-state index in [0.29, 0.717) is 43.3 Å². The Hall–Kier alpha value is -3.62. The third-order valence-corrected chi connectivity index (χ3v) is 5.38. The van der Waals surface area contributed by atoms with Gasteiger partial charge in [0.2, 0.25) is 5.88 Å². The molecule has 4 rings (SSSR count). The molecule has 1 saturated heterocycles. The predicted octanol–water partition coefficient (Wildman–Crippen LogP) is 1.55. The second-order valence-electron chi connectivity index (χ2n) is 7.54. The highest BCUT2D eigenvalue weighted by Gasteiger charge is 2.24. The number of aromatic nitrogens is 4. The lowest BCUT2D eigenvalue weighted by molar-refractivity contribution is 0.0746. The third kappa shape index (κ3) is 3.54. The van der Waals surface area contributed by atoms with Gasteiger partial charge in [-0.05, 0) is 44.0 Å². The fourth-order valence-electron chi connectivity index (χ4n) is 3.77. The van der Waals surface area contributed by atoms with Crippen molar-refractivity contribution in [1.82, 2.24) is 24.4 Å². The SMILES string of the molecule is Cc1cnc(N2CCN(C(=O)c3ccc(-n4c(C)c(O)[nH]c4=O)nc3)CC2)c(C)c1. The number of aromatic amines is 1. The van der Waals surface area contributed by atoms with Crippen molar-refractivity contribution in [2.75, 3.05) is 31.1 Å². The molecular formula is C21H24N6O3. The summed E-state index contributed by atoms with van der Waals surface area (Å²) in [6, 6.07) is 5.37. The van der Waals surface area contributed by atoms with Crippen LogP contribution in [0.5, 0.6) is 5.88 Å². The number of carbonyl (C=O) groups excluding carboxylic acids is 1. The van der Waals surface area contributed by atoms with Gasteiger partial charge < -0.3 is 14.9 Å². The van der Waals surface area contributed by atoms with E-state index in [0.717, 1.165) is 16.9 Å². The van der Waals surface area contributed by atoms with E-state index in [1.165, 1.54) is 10.8 Å². The number of piperazine rings is 1. The summed E-state index contributed by atoms with van der Waals surface area (Å²) in [5, 5.41) is 9.66. The van der Waals surface area contributed by atoms with Gasteiger partial charge in [0.15, 0.2) is 0 Å². The molecule has 0 saturated carbocycles. The van der Waals surface area contributed by atoms with Crippen LogP contribution in [0.1, 0.15) is 27.2 Å². The van der Waals surface area contributed by atoms with Crippen molar-refractivity contribution in [3.05, 3.63) is 63.5 Å². The van der Waals surface area contributed by atoms with Gasteiger partial charge in [0.25, 0.3) is 5.91 Å². The molecule has 2 N–H and O–H groups in total. The second-order valence-corrected chi connectivity index (χ2v) is 7.54. The highest BCUT2D eigenvalue weighted by atomic mass is 16.3. The lowest BCUT2D eigenvalue weighted by atomic mass is 10.2. The van der Waals surface area contributed by atoms with E-state index >= 15 is 0 Å².